The standard InChI is InChI=1S/C16H24ClN3O/c1-3-19(4-2)16(21)15-9-14(18)11-20(15)10-12-6-5-7-13(17)8-12/h5-8,14-15H,3-4,9-11,18H2,1-2H3/t14-,15+/m1/s1. The zero-order valence-electron chi connectivity index (χ0n) is 12.8. The second kappa shape index (κ2) is 7.25. The van der Waals surface area contributed by atoms with Gasteiger partial charge in [0, 0.05) is 37.2 Å². The van der Waals surface area contributed by atoms with Crippen LogP contribution in [0, 0.1) is 0 Å². The third-order valence-corrected chi connectivity index (χ3v) is 4.31. The zero-order chi connectivity index (χ0) is 15.4. The summed E-state index contributed by atoms with van der Waals surface area (Å²) < 4.78 is 0. The second-order valence-electron chi connectivity index (χ2n) is 5.58. The highest BCUT2D eigenvalue weighted by Crippen LogP contribution is 2.22. The lowest BCUT2D eigenvalue weighted by Gasteiger charge is -2.28. The van der Waals surface area contributed by atoms with Gasteiger partial charge in [-0.15, -0.1) is 0 Å². The van der Waals surface area contributed by atoms with Gasteiger partial charge < -0.3 is 10.6 Å². The van der Waals surface area contributed by atoms with E-state index < -0.39 is 0 Å². The number of nitrogens with zero attached hydrogens (tertiary/aromatic N) is 2. The highest BCUT2D eigenvalue weighted by atomic mass is 35.5. The minimum Gasteiger partial charge on any atom is -0.342 e. The molecule has 1 amide bonds. The fourth-order valence-corrected chi connectivity index (χ4v) is 3.20. The molecule has 1 aliphatic rings. The third-order valence-electron chi connectivity index (χ3n) is 4.07. The molecule has 1 saturated heterocycles. The van der Waals surface area contributed by atoms with Gasteiger partial charge in [0.1, 0.15) is 0 Å². The molecule has 1 aliphatic heterocycles. The number of likely N-dealkylation sites (N-methyl/N-ethyl adjacent to an activating group) is 1. The van der Waals surface area contributed by atoms with Crippen LogP contribution in [0.2, 0.25) is 5.02 Å². The van der Waals surface area contributed by atoms with Crippen molar-refractivity contribution in [3.8, 4) is 0 Å². The summed E-state index contributed by atoms with van der Waals surface area (Å²) in [7, 11) is 0. The summed E-state index contributed by atoms with van der Waals surface area (Å²) in [4.78, 5) is 16.7. The number of carbonyl (C=O) groups is 1. The van der Waals surface area contributed by atoms with E-state index in [-0.39, 0.29) is 18.0 Å². The molecule has 1 fully saturated rings. The molecule has 2 atom stereocenters. The topological polar surface area (TPSA) is 49.6 Å². The van der Waals surface area contributed by atoms with Crippen LogP contribution >= 0.6 is 11.6 Å². The Morgan fingerprint density at radius 1 is 1.43 bits per heavy atom. The number of nitrogens with two attached hydrogens (primary N) is 1. The van der Waals surface area contributed by atoms with Crippen LogP contribution in [0.4, 0.5) is 0 Å². The van der Waals surface area contributed by atoms with Gasteiger partial charge in [-0.25, -0.2) is 0 Å². The molecule has 116 valence electrons. The molecule has 4 nitrogen and oxygen atoms in total. The second-order valence-corrected chi connectivity index (χ2v) is 6.02. The van der Waals surface area contributed by atoms with Crippen molar-refractivity contribution >= 4 is 17.5 Å². The number of rotatable bonds is 5. The van der Waals surface area contributed by atoms with E-state index >= 15 is 0 Å². The smallest absolute Gasteiger partial charge is 0.239 e. The first kappa shape index (κ1) is 16.3. The predicted molar refractivity (Wildman–Crippen MR) is 86.2 cm³/mol. The minimum absolute atomic E-state index is 0.0636. The van der Waals surface area contributed by atoms with E-state index in [1.165, 1.54) is 0 Å². The van der Waals surface area contributed by atoms with Gasteiger partial charge in [0.05, 0.1) is 6.04 Å². The SMILES string of the molecule is CCN(CC)C(=O)[C@@H]1C[C@@H](N)CN1Cc1cccc(Cl)c1. The molecular formula is C16H24ClN3O. The first-order chi connectivity index (χ1) is 10.0. The lowest BCUT2D eigenvalue weighted by atomic mass is 10.1. The Morgan fingerprint density at radius 2 is 2.14 bits per heavy atom. The van der Waals surface area contributed by atoms with Crippen LogP contribution in [0.3, 0.4) is 0 Å². The lowest BCUT2D eigenvalue weighted by molar-refractivity contribution is -0.135. The number of halogens is 1. The highest BCUT2D eigenvalue weighted by Gasteiger charge is 2.36. The summed E-state index contributed by atoms with van der Waals surface area (Å²) >= 11 is 6.03. The number of likely N-dealkylation sites (tertiary alicyclic amines) is 1. The summed E-state index contributed by atoms with van der Waals surface area (Å²) in [5.41, 5.74) is 7.20. The van der Waals surface area contributed by atoms with Crippen molar-refractivity contribution in [2.45, 2.75) is 38.9 Å². The minimum atomic E-state index is -0.112. The molecule has 21 heavy (non-hydrogen) atoms. The Balaban J connectivity index is 2.11. The molecule has 0 saturated carbocycles. The molecule has 1 heterocycles. The Kier molecular flexibility index (Phi) is 5.62. The van der Waals surface area contributed by atoms with E-state index in [4.69, 9.17) is 17.3 Å². The molecule has 0 unspecified atom stereocenters. The first-order valence-corrected chi connectivity index (χ1v) is 7.95. The highest BCUT2D eigenvalue weighted by molar-refractivity contribution is 6.30. The lowest BCUT2D eigenvalue weighted by Crippen LogP contribution is -2.45. The molecule has 2 rings (SSSR count). The van der Waals surface area contributed by atoms with E-state index in [0.717, 1.165) is 36.6 Å². The molecule has 5 heteroatoms. The average Bonchev–Trinajstić information content (AvgIpc) is 2.80. The third kappa shape index (κ3) is 3.96. The zero-order valence-corrected chi connectivity index (χ0v) is 13.5. The molecule has 0 spiro atoms. The number of benzene rings is 1. The van der Waals surface area contributed by atoms with E-state index in [9.17, 15) is 4.79 Å². The van der Waals surface area contributed by atoms with Crippen molar-refractivity contribution in [2.75, 3.05) is 19.6 Å². The van der Waals surface area contributed by atoms with Crippen molar-refractivity contribution in [3.63, 3.8) is 0 Å². The Hall–Kier alpha value is -1.10. The largest absolute Gasteiger partial charge is 0.342 e. The number of hydrogen-bond acceptors (Lipinski definition) is 3. The van der Waals surface area contributed by atoms with Crippen LogP contribution in [-0.4, -0.2) is 47.4 Å². The molecule has 0 aromatic heterocycles. The van der Waals surface area contributed by atoms with Gasteiger partial charge in [0.25, 0.3) is 0 Å². The van der Waals surface area contributed by atoms with Gasteiger partial charge in [0.2, 0.25) is 5.91 Å². The fraction of sp³-hybridized carbons (Fsp3) is 0.562. The Bertz CT molecular complexity index is 490. The summed E-state index contributed by atoms with van der Waals surface area (Å²) in [6.07, 6.45) is 0.732. The van der Waals surface area contributed by atoms with Gasteiger partial charge in [-0.05, 0) is 38.0 Å². The summed E-state index contributed by atoms with van der Waals surface area (Å²) in [5.74, 6) is 0.190. The predicted octanol–water partition coefficient (Wildman–Crippen LogP) is 2.11. The molecule has 0 radical (unpaired) electrons. The monoisotopic (exact) mass is 309 g/mol. The molecule has 0 aliphatic carbocycles. The average molecular weight is 310 g/mol. The van der Waals surface area contributed by atoms with E-state index in [1.807, 2.05) is 43.0 Å². The maximum absolute atomic E-state index is 12.6. The van der Waals surface area contributed by atoms with Crippen LogP contribution in [0.15, 0.2) is 24.3 Å². The molecular weight excluding hydrogens is 286 g/mol. The van der Waals surface area contributed by atoms with Crippen LogP contribution < -0.4 is 5.73 Å². The van der Waals surface area contributed by atoms with Crippen molar-refractivity contribution < 1.29 is 4.79 Å². The van der Waals surface area contributed by atoms with Gasteiger partial charge >= 0.3 is 0 Å². The van der Waals surface area contributed by atoms with E-state index in [0.29, 0.717) is 6.54 Å². The molecule has 2 N–H and O–H groups in total. The summed E-state index contributed by atoms with van der Waals surface area (Å²) in [6.45, 7) is 6.98. The van der Waals surface area contributed by atoms with Crippen molar-refractivity contribution in [1.29, 1.82) is 0 Å². The van der Waals surface area contributed by atoms with E-state index in [1.54, 1.807) is 0 Å². The number of hydrogen-bond donors (Lipinski definition) is 1. The van der Waals surface area contributed by atoms with Gasteiger partial charge in [-0.2, -0.15) is 0 Å². The fourth-order valence-electron chi connectivity index (χ4n) is 2.99. The normalized spacial score (nSPS) is 22.5. The van der Waals surface area contributed by atoms with Crippen molar-refractivity contribution in [3.05, 3.63) is 34.9 Å². The Morgan fingerprint density at radius 3 is 2.76 bits per heavy atom. The molecule has 1 aromatic rings. The van der Waals surface area contributed by atoms with Crippen LogP contribution in [0.5, 0.6) is 0 Å². The first-order valence-electron chi connectivity index (χ1n) is 7.58. The van der Waals surface area contributed by atoms with Crippen LogP contribution in [-0.2, 0) is 11.3 Å². The molecule has 0 bridgehead atoms. The number of carbonyl (C=O) groups excluding carboxylic acids is 1. The summed E-state index contributed by atoms with van der Waals surface area (Å²) in [5, 5.41) is 0.725. The van der Waals surface area contributed by atoms with Gasteiger partial charge in [0.15, 0.2) is 0 Å². The van der Waals surface area contributed by atoms with Crippen LogP contribution in [0.1, 0.15) is 25.8 Å². The van der Waals surface area contributed by atoms with Crippen LogP contribution in [0.25, 0.3) is 0 Å². The summed E-state index contributed by atoms with van der Waals surface area (Å²) in [6, 6.07) is 7.74. The quantitative estimate of drug-likeness (QED) is 0.906. The molecule has 1 aromatic carbocycles. The number of amides is 1. The van der Waals surface area contributed by atoms with Crippen molar-refractivity contribution in [1.82, 2.24) is 9.80 Å². The van der Waals surface area contributed by atoms with E-state index in [2.05, 4.69) is 4.90 Å². The maximum atomic E-state index is 12.6. The van der Waals surface area contributed by atoms with Gasteiger partial charge in [-0.3, -0.25) is 9.69 Å². The van der Waals surface area contributed by atoms with Gasteiger partial charge in [-0.1, -0.05) is 23.7 Å². The Labute approximate surface area is 131 Å². The maximum Gasteiger partial charge on any atom is 0.239 e. The van der Waals surface area contributed by atoms with Crippen molar-refractivity contribution in [2.24, 2.45) is 5.73 Å².